The monoisotopic (exact) mass is 367 g/mol. The third-order valence-corrected chi connectivity index (χ3v) is 3.44. The first-order chi connectivity index (χ1) is 12.2. The number of anilines is 1. The first-order valence-electron chi connectivity index (χ1n) is 7.50. The van der Waals surface area contributed by atoms with Crippen molar-refractivity contribution in [3.8, 4) is 11.5 Å². The Bertz CT molecular complexity index is 818. The summed E-state index contributed by atoms with van der Waals surface area (Å²) >= 11 is 0. The summed E-state index contributed by atoms with van der Waals surface area (Å²) in [6.07, 6.45) is -4.59. The van der Waals surface area contributed by atoms with Gasteiger partial charge in [0.2, 0.25) is 0 Å². The molecule has 0 spiro atoms. The molecule has 138 valence electrons. The number of carbonyl (C=O) groups is 2. The Morgan fingerprint density at radius 3 is 2.38 bits per heavy atom. The Kier molecular flexibility index (Phi) is 5.86. The van der Waals surface area contributed by atoms with Crippen LogP contribution >= 0.6 is 0 Å². The van der Waals surface area contributed by atoms with Crippen LogP contribution in [0.5, 0.6) is 11.5 Å². The molecule has 1 amide bonds. The third kappa shape index (κ3) is 4.75. The zero-order valence-electron chi connectivity index (χ0n) is 14.0. The zero-order valence-corrected chi connectivity index (χ0v) is 14.0. The Morgan fingerprint density at radius 1 is 1.08 bits per heavy atom. The quantitative estimate of drug-likeness (QED) is 0.786. The summed E-state index contributed by atoms with van der Waals surface area (Å²) in [5.41, 5.74) is -0.901. The Labute approximate surface area is 147 Å². The lowest BCUT2D eigenvalue weighted by molar-refractivity contribution is -0.137. The molecule has 2 rings (SSSR count). The molecule has 0 unspecified atom stereocenters. The molecule has 8 heteroatoms. The number of hydrogen-bond donors (Lipinski definition) is 1. The Hall–Kier alpha value is -3.03. The molecule has 0 bridgehead atoms. The number of ketones is 1. The number of carbonyl (C=O) groups excluding carboxylic acids is 2. The molecule has 0 saturated carbocycles. The molecule has 5 nitrogen and oxygen atoms in total. The van der Waals surface area contributed by atoms with Crippen molar-refractivity contribution in [1.29, 1.82) is 0 Å². The van der Waals surface area contributed by atoms with Crippen LogP contribution in [0.4, 0.5) is 18.9 Å². The van der Waals surface area contributed by atoms with Crippen LogP contribution in [0.25, 0.3) is 0 Å². The van der Waals surface area contributed by atoms with E-state index in [2.05, 4.69) is 5.32 Å². The summed E-state index contributed by atoms with van der Waals surface area (Å²) < 4.78 is 49.2. The number of Topliss-reactive ketones (excluding diaryl/α,β-unsaturated/α-hetero) is 1. The molecule has 1 N–H and O–H groups in total. The average molecular weight is 367 g/mol. The molecule has 0 heterocycles. The molecular formula is C18H16F3NO4. The molecule has 0 saturated heterocycles. The van der Waals surface area contributed by atoms with Gasteiger partial charge in [-0.3, -0.25) is 9.59 Å². The van der Waals surface area contributed by atoms with Gasteiger partial charge in [0.15, 0.2) is 23.9 Å². The molecular weight excluding hydrogens is 351 g/mol. The molecule has 0 aliphatic carbocycles. The standard InChI is InChI=1S/C18H16F3NO4/c1-11(23)12-7-8-15(16(9-12)25-2)26-10-17(24)22-14-6-4-3-5-13(14)18(19,20)21/h3-9H,10H2,1-2H3,(H,22,24). The topological polar surface area (TPSA) is 64.6 Å². The van der Waals surface area contributed by atoms with Crippen molar-refractivity contribution < 1.29 is 32.2 Å². The summed E-state index contributed by atoms with van der Waals surface area (Å²) in [7, 11) is 1.37. The van der Waals surface area contributed by atoms with E-state index in [9.17, 15) is 22.8 Å². The number of nitrogens with one attached hydrogen (secondary N) is 1. The second-order valence-electron chi connectivity index (χ2n) is 5.30. The molecule has 0 aromatic heterocycles. The van der Waals surface area contributed by atoms with Crippen LogP contribution in [0.3, 0.4) is 0 Å². The van der Waals surface area contributed by atoms with Crippen molar-refractivity contribution >= 4 is 17.4 Å². The number of hydrogen-bond acceptors (Lipinski definition) is 4. The van der Waals surface area contributed by atoms with Crippen molar-refractivity contribution in [2.24, 2.45) is 0 Å². The number of para-hydroxylation sites is 1. The van der Waals surface area contributed by atoms with Crippen molar-refractivity contribution in [1.82, 2.24) is 0 Å². The Balaban J connectivity index is 2.08. The highest BCUT2D eigenvalue weighted by atomic mass is 19.4. The van der Waals surface area contributed by atoms with Gasteiger partial charge in [-0.2, -0.15) is 13.2 Å². The molecule has 0 aliphatic heterocycles. The van der Waals surface area contributed by atoms with Crippen LogP contribution in [-0.4, -0.2) is 25.4 Å². The van der Waals surface area contributed by atoms with E-state index in [4.69, 9.17) is 9.47 Å². The SMILES string of the molecule is COc1cc(C(C)=O)ccc1OCC(=O)Nc1ccccc1C(F)(F)F. The maximum absolute atomic E-state index is 12.9. The van der Waals surface area contributed by atoms with Gasteiger partial charge in [0.05, 0.1) is 18.4 Å². The van der Waals surface area contributed by atoms with Crippen molar-refractivity contribution in [3.63, 3.8) is 0 Å². The summed E-state index contributed by atoms with van der Waals surface area (Å²) in [5, 5.41) is 2.18. The number of rotatable bonds is 6. The van der Waals surface area contributed by atoms with Gasteiger partial charge in [-0.05, 0) is 37.3 Å². The van der Waals surface area contributed by atoms with Crippen LogP contribution in [0, 0.1) is 0 Å². The number of benzene rings is 2. The highest BCUT2D eigenvalue weighted by Crippen LogP contribution is 2.34. The van der Waals surface area contributed by atoms with Crippen molar-refractivity contribution in [2.75, 3.05) is 19.0 Å². The van der Waals surface area contributed by atoms with Crippen LogP contribution in [-0.2, 0) is 11.0 Å². The van der Waals surface area contributed by atoms with Crippen LogP contribution in [0.1, 0.15) is 22.8 Å². The van der Waals surface area contributed by atoms with Gasteiger partial charge in [-0.25, -0.2) is 0 Å². The average Bonchev–Trinajstić information content (AvgIpc) is 2.59. The van der Waals surface area contributed by atoms with Gasteiger partial charge in [0, 0.05) is 5.56 Å². The molecule has 0 aliphatic rings. The minimum absolute atomic E-state index is 0.170. The van der Waals surface area contributed by atoms with E-state index in [0.29, 0.717) is 5.56 Å². The van der Waals surface area contributed by atoms with Gasteiger partial charge in [-0.1, -0.05) is 12.1 Å². The maximum atomic E-state index is 12.9. The number of alkyl halides is 3. The number of halogens is 3. The predicted octanol–water partition coefficient (Wildman–Crippen LogP) is 3.93. The van der Waals surface area contributed by atoms with Crippen LogP contribution < -0.4 is 14.8 Å². The summed E-state index contributed by atoms with van der Waals surface area (Å²) in [6.45, 7) is 0.864. The van der Waals surface area contributed by atoms with E-state index in [1.165, 1.54) is 44.4 Å². The normalized spacial score (nSPS) is 11.0. The fraction of sp³-hybridized carbons (Fsp3) is 0.222. The van der Waals surface area contributed by atoms with E-state index >= 15 is 0 Å². The molecule has 2 aromatic carbocycles. The van der Waals surface area contributed by atoms with E-state index in [1.807, 2.05) is 0 Å². The largest absolute Gasteiger partial charge is 0.493 e. The summed E-state index contributed by atoms with van der Waals surface area (Å²) in [5.74, 6) is -0.506. The lowest BCUT2D eigenvalue weighted by Gasteiger charge is -2.14. The lowest BCUT2D eigenvalue weighted by atomic mass is 10.1. The van der Waals surface area contributed by atoms with Gasteiger partial charge in [0.25, 0.3) is 5.91 Å². The lowest BCUT2D eigenvalue weighted by Crippen LogP contribution is -2.22. The smallest absolute Gasteiger partial charge is 0.418 e. The molecule has 2 aromatic rings. The van der Waals surface area contributed by atoms with Gasteiger partial charge >= 0.3 is 6.18 Å². The maximum Gasteiger partial charge on any atom is 0.418 e. The minimum atomic E-state index is -4.59. The van der Waals surface area contributed by atoms with Crippen LogP contribution in [0.2, 0.25) is 0 Å². The van der Waals surface area contributed by atoms with E-state index < -0.39 is 24.3 Å². The van der Waals surface area contributed by atoms with Gasteiger partial charge in [-0.15, -0.1) is 0 Å². The highest BCUT2D eigenvalue weighted by molar-refractivity contribution is 5.95. The Morgan fingerprint density at radius 2 is 1.77 bits per heavy atom. The predicted molar refractivity (Wildman–Crippen MR) is 88.6 cm³/mol. The molecule has 26 heavy (non-hydrogen) atoms. The van der Waals surface area contributed by atoms with Gasteiger partial charge in [0.1, 0.15) is 0 Å². The molecule has 0 atom stereocenters. The van der Waals surface area contributed by atoms with Crippen LogP contribution in [0.15, 0.2) is 42.5 Å². The second kappa shape index (κ2) is 7.90. The zero-order chi connectivity index (χ0) is 19.3. The van der Waals surface area contributed by atoms with E-state index in [1.54, 1.807) is 0 Å². The van der Waals surface area contributed by atoms with Crippen molar-refractivity contribution in [2.45, 2.75) is 13.1 Å². The minimum Gasteiger partial charge on any atom is -0.493 e. The van der Waals surface area contributed by atoms with E-state index in [0.717, 1.165) is 12.1 Å². The number of amides is 1. The fourth-order valence-corrected chi connectivity index (χ4v) is 2.17. The number of methoxy groups -OCH3 is 1. The highest BCUT2D eigenvalue weighted by Gasteiger charge is 2.33. The fourth-order valence-electron chi connectivity index (χ4n) is 2.17. The first kappa shape index (κ1) is 19.3. The number of ether oxygens (including phenoxy) is 2. The second-order valence-corrected chi connectivity index (χ2v) is 5.30. The third-order valence-electron chi connectivity index (χ3n) is 3.44. The van der Waals surface area contributed by atoms with Crippen molar-refractivity contribution in [3.05, 3.63) is 53.6 Å². The molecule has 0 radical (unpaired) electrons. The van der Waals surface area contributed by atoms with E-state index in [-0.39, 0.29) is 23.0 Å². The summed E-state index contributed by atoms with van der Waals surface area (Å²) in [6, 6.07) is 9.05. The summed E-state index contributed by atoms with van der Waals surface area (Å²) in [4.78, 5) is 23.3. The molecule has 0 fully saturated rings. The van der Waals surface area contributed by atoms with Gasteiger partial charge < -0.3 is 14.8 Å². The first-order valence-corrected chi connectivity index (χ1v) is 7.50.